The minimum Gasteiger partial charge on any atom is -0.487 e. The molecule has 194 valence electrons. The fourth-order valence-corrected chi connectivity index (χ4v) is 5.74. The van der Waals surface area contributed by atoms with Crippen LogP contribution >= 0.6 is 0 Å². The molecule has 3 rings (SSSR count). The van der Waals surface area contributed by atoms with Crippen LogP contribution in [0.15, 0.2) is 47.5 Å². The molecule has 0 fully saturated rings. The van der Waals surface area contributed by atoms with E-state index in [1.54, 1.807) is 49.3 Å². The predicted octanol–water partition coefficient (Wildman–Crippen LogP) is 2.56. The van der Waals surface area contributed by atoms with Crippen LogP contribution in [0, 0.1) is 23.7 Å². The molecule has 0 aliphatic carbocycles. The molecule has 0 unspecified atom stereocenters. The van der Waals surface area contributed by atoms with E-state index < -0.39 is 22.2 Å². The molecule has 1 amide bonds. The third-order valence-electron chi connectivity index (χ3n) is 6.11. The number of aliphatic hydroxyl groups excluding tert-OH is 1. The highest BCUT2D eigenvalue weighted by Crippen LogP contribution is 2.34. The lowest BCUT2D eigenvalue weighted by Crippen LogP contribution is -2.50. The Morgan fingerprint density at radius 1 is 1.28 bits per heavy atom. The molecule has 1 aliphatic heterocycles. The van der Waals surface area contributed by atoms with Crippen LogP contribution in [-0.2, 0) is 21.2 Å². The molecule has 0 radical (unpaired) electrons. The summed E-state index contributed by atoms with van der Waals surface area (Å²) in [6.45, 7) is 7.61. The van der Waals surface area contributed by atoms with Gasteiger partial charge in [0.2, 0.25) is 15.9 Å². The lowest BCUT2D eigenvalue weighted by atomic mass is 10.0. The van der Waals surface area contributed by atoms with E-state index in [1.807, 2.05) is 26.8 Å². The number of benzene rings is 1. The third kappa shape index (κ3) is 6.64. The summed E-state index contributed by atoms with van der Waals surface area (Å²) in [6, 6.07) is 9.64. The first kappa shape index (κ1) is 27.7. The number of sulfonamides is 1. The molecular formula is C27H35N3O5S. The highest BCUT2D eigenvalue weighted by atomic mass is 32.2. The van der Waals surface area contributed by atoms with Crippen molar-refractivity contribution in [3.63, 3.8) is 0 Å². The van der Waals surface area contributed by atoms with Gasteiger partial charge in [-0.05, 0) is 37.3 Å². The zero-order valence-electron chi connectivity index (χ0n) is 21.5. The van der Waals surface area contributed by atoms with Crippen molar-refractivity contribution in [1.82, 2.24) is 14.2 Å². The average molecular weight is 514 g/mol. The predicted molar refractivity (Wildman–Crippen MR) is 138 cm³/mol. The first-order valence-corrected chi connectivity index (χ1v) is 13.6. The highest BCUT2D eigenvalue weighted by Gasteiger charge is 2.38. The summed E-state index contributed by atoms with van der Waals surface area (Å²) in [5.74, 6) is 6.12. The Morgan fingerprint density at radius 2 is 2.03 bits per heavy atom. The van der Waals surface area contributed by atoms with Gasteiger partial charge < -0.3 is 14.7 Å². The molecule has 1 aromatic heterocycles. The van der Waals surface area contributed by atoms with Crippen LogP contribution in [0.5, 0.6) is 5.75 Å². The number of hydrogen-bond donors (Lipinski definition) is 1. The number of likely N-dealkylation sites (N-methyl/N-ethyl adjacent to an activating group) is 1. The summed E-state index contributed by atoms with van der Waals surface area (Å²) in [5, 5.41) is 9.79. The number of pyridine rings is 1. The first-order valence-electron chi connectivity index (χ1n) is 12.1. The Hall–Kier alpha value is -2.93. The number of rotatable bonds is 6. The Bertz CT molecular complexity index is 1220. The minimum absolute atomic E-state index is 0.0252. The molecule has 1 aliphatic rings. The number of aliphatic hydroxyl groups is 1. The average Bonchev–Trinajstić information content (AvgIpc) is 2.84. The number of carbonyl (C=O) groups is 1. The van der Waals surface area contributed by atoms with Crippen LogP contribution in [0.3, 0.4) is 0 Å². The van der Waals surface area contributed by atoms with Gasteiger partial charge >= 0.3 is 0 Å². The van der Waals surface area contributed by atoms with E-state index in [4.69, 9.17) is 4.74 Å². The fraction of sp³-hybridized carbons (Fsp3) is 0.481. The lowest BCUT2D eigenvalue weighted by molar-refractivity contribution is -0.130. The molecule has 2 aromatic rings. The molecule has 1 aromatic carbocycles. The summed E-state index contributed by atoms with van der Waals surface area (Å²) in [6.07, 6.45) is 1.32. The first-order chi connectivity index (χ1) is 17.0. The van der Waals surface area contributed by atoms with Gasteiger partial charge in [-0.3, -0.25) is 9.78 Å². The third-order valence-corrected chi connectivity index (χ3v) is 8.13. The standard InChI is InChI=1S/C27H35N3O5S/c1-19(2)9-10-22-11-12-26-24(14-22)35-25(20(3)16-30(21(4)18-31)36(26,33)34)17-29(5)27(32)15-23-8-6-7-13-28-23/h6-8,11-14,19-21,25,31H,15-18H2,1-5H3/t20-,21-,25-/m1/s1. The summed E-state index contributed by atoms with van der Waals surface area (Å²) in [7, 11) is -2.23. The Balaban J connectivity index is 1.96. The van der Waals surface area contributed by atoms with Crippen LogP contribution in [0.25, 0.3) is 0 Å². The smallest absolute Gasteiger partial charge is 0.247 e. The van der Waals surface area contributed by atoms with Crippen LogP contribution in [0.4, 0.5) is 0 Å². The van der Waals surface area contributed by atoms with E-state index in [9.17, 15) is 18.3 Å². The van der Waals surface area contributed by atoms with Gasteiger partial charge in [0.15, 0.2) is 0 Å². The summed E-state index contributed by atoms with van der Waals surface area (Å²) >= 11 is 0. The van der Waals surface area contributed by atoms with Gasteiger partial charge in [-0.25, -0.2) is 8.42 Å². The zero-order chi connectivity index (χ0) is 26.5. The van der Waals surface area contributed by atoms with E-state index in [0.717, 1.165) is 0 Å². The van der Waals surface area contributed by atoms with Crippen molar-refractivity contribution >= 4 is 15.9 Å². The van der Waals surface area contributed by atoms with Gasteiger partial charge in [-0.2, -0.15) is 4.31 Å². The molecule has 0 spiro atoms. The molecule has 9 heteroatoms. The fourth-order valence-electron chi connectivity index (χ4n) is 3.91. The number of carbonyl (C=O) groups excluding carboxylic acids is 1. The molecule has 2 heterocycles. The van der Waals surface area contributed by atoms with Crippen LogP contribution < -0.4 is 4.74 Å². The summed E-state index contributed by atoms with van der Waals surface area (Å²) in [4.78, 5) is 18.7. The van der Waals surface area contributed by atoms with Gasteiger partial charge in [-0.15, -0.1) is 0 Å². The summed E-state index contributed by atoms with van der Waals surface area (Å²) < 4.78 is 34.8. The molecule has 0 saturated carbocycles. The Labute approximate surface area is 214 Å². The SMILES string of the molecule is CC(C)C#Cc1ccc2c(c1)O[C@H](CN(C)C(=O)Cc1ccccn1)[C@H](C)CN([C@H](C)CO)S2(=O)=O. The van der Waals surface area contributed by atoms with Crippen LogP contribution in [0.2, 0.25) is 0 Å². The van der Waals surface area contributed by atoms with E-state index >= 15 is 0 Å². The Morgan fingerprint density at radius 3 is 2.67 bits per heavy atom. The quantitative estimate of drug-likeness (QED) is 0.596. The second-order valence-electron chi connectivity index (χ2n) is 9.60. The molecule has 0 bridgehead atoms. The lowest BCUT2D eigenvalue weighted by Gasteiger charge is -2.37. The number of aromatic nitrogens is 1. The monoisotopic (exact) mass is 513 g/mol. The second kappa shape index (κ2) is 11.9. The maximum Gasteiger partial charge on any atom is 0.247 e. The van der Waals surface area contributed by atoms with Crippen LogP contribution in [-0.4, -0.2) is 72.5 Å². The number of fused-ring (bicyclic) bond motifs is 1. The molecule has 1 N–H and O–H groups in total. The van der Waals surface area contributed by atoms with Crippen molar-refractivity contribution in [2.24, 2.45) is 11.8 Å². The van der Waals surface area contributed by atoms with Gasteiger partial charge in [0, 0.05) is 48.9 Å². The molecule has 3 atom stereocenters. The van der Waals surface area contributed by atoms with E-state index in [-0.39, 0.29) is 54.5 Å². The van der Waals surface area contributed by atoms with Crippen molar-refractivity contribution in [3.8, 4) is 17.6 Å². The number of nitrogens with zero attached hydrogens (tertiary/aromatic N) is 3. The molecule has 36 heavy (non-hydrogen) atoms. The summed E-state index contributed by atoms with van der Waals surface area (Å²) in [5.41, 5.74) is 1.32. The number of amides is 1. The Kier molecular flexibility index (Phi) is 9.12. The molecular weight excluding hydrogens is 478 g/mol. The van der Waals surface area contributed by atoms with E-state index in [2.05, 4.69) is 16.8 Å². The van der Waals surface area contributed by atoms with Crippen molar-refractivity contribution in [2.75, 3.05) is 26.7 Å². The highest BCUT2D eigenvalue weighted by molar-refractivity contribution is 7.89. The van der Waals surface area contributed by atoms with Crippen LogP contribution in [0.1, 0.15) is 39.0 Å². The topological polar surface area (TPSA) is 100 Å². The van der Waals surface area contributed by atoms with Gasteiger partial charge in [0.25, 0.3) is 0 Å². The maximum atomic E-state index is 13.6. The molecule has 8 nitrogen and oxygen atoms in total. The normalized spacial score (nSPS) is 20.2. The number of ether oxygens (including phenoxy) is 1. The number of hydrogen-bond acceptors (Lipinski definition) is 6. The van der Waals surface area contributed by atoms with E-state index in [1.165, 1.54) is 10.4 Å². The maximum absolute atomic E-state index is 13.6. The largest absolute Gasteiger partial charge is 0.487 e. The zero-order valence-corrected chi connectivity index (χ0v) is 22.3. The second-order valence-corrected chi connectivity index (χ2v) is 11.5. The van der Waals surface area contributed by atoms with Crippen molar-refractivity contribution in [2.45, 2.75) is 51.2 Å². The van der Waals surface area contributed by atoms with Crippen molar-refractivity contribution in [3.05, 3.63) is 53.9 Å². The van der Waals surface area contributed by atoms with Gasteiger partial charge in [-0.1, -0.05) is 38.7 Å². The van der Waals surface area contributed by atoms with Crippen molar-refractivity contribution < 1.29 is 23.1 Å². The van der Waals surface area contributed by atoms with Gasteiger partial charge in [0.05, 0.1) is 19.6 Å². The van der Waals surface area contributed by atoms with E-state index in [0.29, 0.717) is 11.3 Å². The minimum atomic E-state index is -3.93. The van der Waals surface area contributed by atoms with Crippen molar-refractivity contribution in [1.29, 1.82) is 0 Å². The van der Waals surface area contributed by atoms with Gasteiger partial charge in [0.1, 0.15) is 16.7 Å². The molecule has 0 saturated heterocycles.